The number of rotatable bonds is 7. The zero-order chi connectivity index (χ0) is 22.7. The van der Waals surface area contributed by atoms with Gasteiger partial charge in [-0.3, -0.25) is 14.3 Å². The summed E-state index contributed by atoms with van der Waals surface area (Å²) in [6.07, 6.45) is 0. The molecule has 32 heavy (non-hydrogen) atoms. The van der Waals surface area contributed by atoms with Gasteiger partial charge in [0.25, 0.3) is 5.56 Å². The maximum Gasteiger partial charge on any atom is 0.297 e. The van der Waals surface area contributed by atoms with Crippen molar-refractivity contribution in [2.75, 3.05) is 5.75 Å². The molecule has 0 aliphatic heterocycles. The molecule has 0 aliphatic rings. The van der Waals surface area contributed by atoms with E-state index in [4.69, 9.17) is 0 Å². The minimum Gasteiger partial charge on any atom is -0.351 e. The summed E-state index contributed by atoms with van der Waals surface area (Å²) < 4.78 is 18.3. The van der Waals surface area contributed by atoms with Gasteiger partial charge in [-0.05, 0) is 35.5 Å². The topological polar surface area (TPSA) is 99.6 Å². The highest BCUT2D eigenvalue weighted by molar-refractivity contribution is 7.99. The lowest BCUT2D eigenvalue weighted by Crippen LogP contribution is -2.25. The fourth-order valence-corrected chi connectivity index (χ4v) is 3.93. The summed E-state index contributed by atoms with van der Waals surface area (Å²) in [6.45, 7) is 1.88. The highest BCUT2D eigenvalue weighted by atomic mass is 32.2. The van der Waals surface area contributed by atoms with Crippen molar-refractivity contribution in [2.24, 2.45) is 7.05 Å². The van der Waals surface area contributed by atoms with E-state index in [1.807, 2.05) is 30.3 Å². The van der Waals surface area contributed by atoms with Crippen LogP contribution in [0, 0.1) is 12.7 Å². The van der Waals surface area contributed by atoms with Gasteiger partial charge in [0.05, 0.1) is 17.1 Å². The third-order valence-corrected chi connectivity index (χ3v) is 5.86. The summed E-state index contributed by atoms with van der Waals surface area (Å²) in [5.41, 5.74) is 1.79. The molecule has 0 bridgehead atoms. The molecular formula is C21H20FN7O2S. The number of amides is 1. The van der Waals surface area contributed by atoms with Crippen LogP contribution < -0.4 is 10.9 Å². The van der Waals surface area contributed by atoms with Crippen molar-refractivity contribution in [3.63, 3.8) is 0 Å². The molecule has 4 rings (SSSR count). The SMILES string of the molecule is Cc1c(-n2nnnc2SCC(=O)NCc2ccccc2F)c(=O)n(-c2ccccc2)n1C. The average molecular weight is 454 g/mol. The first kappa shape index (κ1) is 21.5. The third-order valence-electron chi connectivity index (χ3n) is 4.94. The molecule has 2 aromatic heterocycles. The summed E-state index contributed by atoms with van der Waals surface area (Å²) in [6, 6.07) is 15.5. The minimum atomic E-state index is -0.376. The first-order valence-electron chi connectivity index (χ1n) is 9.73. The van der Waals surface area contributed by atoms with E-state index < -0.39 is 0 Å². The van der Waals surface area contributed by atoms with Crippen LogP contribution in [-0.2, 0) is 18.4 Å². The summed E-state index contributed by atoms with van der Waals surface area (Å²) in [5, 5.41) is 14.6. The van der Waals surface area contributed by atoms with Gasteiger partial charge in [-0.1, -0.05) is 48.2 Å². The fourth-order valence-electron chi connectivity index (χ4n) is 3.22. The number of carbonyl (C=O) groups is 1. The Balaban J connectivity index is 1.52. The maximum atomic E-state index is 13.7. The third kappa shape index (κ3) is 4.19. The Kier molecular flexibility index (Phi) is 6.17. The first-order chi connectivity index (χ1) is 15.5. The molecule has 164 valence electrons. The predicted octanol–water partition coefficient (Wildman–Crippen LogP) is 2.01. The summed E-state index contributed by atoms with van der Waals surface area (Å²) >= 11 is 1.09. The molecule has 0 saturated carbocycles. The lowest BCUT2D eigenvalue weighted by atomic mass is 10.2. The zero-order valence-electron chi connectivity index (χ0n) is 17.4. The largest absolute Gasteiger partial charge is 0.351 e. The number of thioether (sulfide) groups is 1. The van der Waals surface area contributed by atoms with Crippen molar-refractivity contribution in [2.45, 2.75) is 18.6 Å². The number of aromatic nitrogens is 6. The monoisotopic (exact) mass is 453 g/mol. The molecule has 0 spiro atoms. The van der Waals surface area contributed by atoms with Crippen LogP contribution >= 0.6 is 11.8 Å². The molecule has 0 saturated heterocycles. The van der Waals surface area contributed by atoms with Crippen LogP contribution in [-0.4, -0.2) is 41.2 Å². The molecule has 0 atom stereocenters. The highest BCUT2D eigenvalue weighted by Gasteiger charge is 2.22. The number of para-hydroxylation sites is 1. The Morgan fingerprint density at radius 2 is 1.84 bits per heavy atom. The van der Waals surface area contributed by atoms with Crippen LogP contribution in [0.15, 0.2) is 64.5 Å². The zero-order valence-corrected chi connectivity index (χ0v) is 18.2. The number of hydrogen-bond acceptors (Lipinski definition) is 6. The summed E-state index contributed by atoms with van der Waals surface area (Å²) in [5.74, 6) is -0.675. The second-order valence-electron chi connectivity index (χ2n) is 6.94. The average Bonchev–Trinajstić information content (AvgIpc) is 3.34. The van der Waals surface area contributed by atoms with Gasteiger partial charge in [-0.15, -0.1) is 5.10 Å². The molecule has 1 amide bonds. The van der Waals surface area contributed by atoms with Gasteiger partial charge in [0, 0.05) is 19.2 Å². The maximum absolute atomic E-state index is 13.7. The standard InChI is InChI=1S/C21H20FN7O2S/c1-14-19(20(31)29(27(14)2)16-9-4-3-5-10-16)28-21(24-25-26-28)32-13-18(30)23-12-15-8-6-7-11-17(15)22/h3-11H,12-13H2,1-2H3,(H,23,30). The molecular weight excluding hydrogens is 433 g/mol. The summed E-state index contributed by atoms with van der Waals surface area (Å²) in [4.78, 5) is 25.4. The van der Waals surface area contributed by atoms with E-state index in [-0.39, 0.29) is 29.6 Å². The van der Waals surface area contributed by atoms with E-state index in [0.717, 1.165) is 11.8 Å². The van der Waals surface area contributed by atoms with Crippen molar-refractivity contribution in [1.29, 1.82) is 0 Å². The van der Waals surface area contributed by atoms with Crippen LogP contribution in [0.2, 0.25) is 0 Å². The van der Waals surface area contributed by atoms with Gasteiger partial charge >= 0.3 is 0 Å². The highest BCUT2D eigenvalue weighted by Crippen LogP contribution is 2.20. The number of nitrogens with one attached hydrogen (secondary N) is 1. The van der Waals surface area contributed by atoms with E-state index in [2.05, 4.69) is 20.8 Å². The summed E-state index contributed by atoms with van der Waals surface area (Å²) in [7, 11) is 1.78. The quantitative estimate of drug-likeness (QED) is 0.430. The van der Waals surface area contributed by atoms with E-state index in [0.29, 0.717) is 27.8 Å². The van der Waals surface area contributed by atoms with Crippen molar-refractivity contribution in [1.82, 2.24) is 34.9 Å². The van der Waals surface area contributed by atoms with Gasteiger partial charge in [0.15, 0.2) is 5.69 Å². The van der Waals surface area contributed by atoms with Gasteiger partial charge in [-0.2, -0.15) is 4.68 Å². The lowest BCUT2D eigenvalue weighted by molar-refractivity contribution is -0.118. The smallest absolute Gasteiger partial charge is 0.297 e. The van der Waals surface area contributed by atoms with Crippen LogP contribution in [0.1, 0.15) is 11.3 Å². The second kappa shape index (κ2) is 9.18. The van der Waals surface area contributed by atoms with Crippen molar-refractivity contribution >= 4 is 17.7 Å². The Morgan fingerprint density at radius 3 is 2.59 bits per heavy atom. The minimum absolute atomic E-state index is 0.00752. The Bertz CT molecular complexity index is 1310. The van der Waals surface area contributed by atoms with Crippen molar-refractivity contribution in [3.05, 3.63) is 82.0 Å². The molecule has 0 unspecified atom stereocenters. The van der Waals surface area contributed by atoms with E-state index in [1.165, 1.54) is 15.4 Å². The van der Waals surface area contributed by atoms with Gasteiger partial charge in [0.2, 0.25) is 11.1 Å². The lowest BCUT2D eigenvalue weighted by Gasteiger charge is -2.07. The van der Waals surface area contributed by atoms with Crippen molar-refractivity contribution in [3.8, 4) is 11.4 Å². The molecule has 9 nitrogen and oxygen atoms in total. The van der Waals surface area contributed by atoms with Crippen molar-refractivity contribution < 1.29 is 9.18 Å². The van der Waals surface area contributed by atoms with Gasteiger partial charge in [-0.25, -0.2) is 9.07 Å². The number of halogens is 1. The number of benzene rings is 2. The van der Waals surface area contributed by atoms with Crippen LogP contribution in [0.3, 0.4) is 0 Å². The molecule has 1 N–H and O–H groups in total. The van der Waals surface area contributed by atoms with Gasteiger partial charge < -0.3 is 5.32 Å². The van der Waals surface area contributed by atoms with E-state index in [1.54, 1.807) is 36.9 Å². The molecule has 2 heterocycles. The molecule has 0 radical (unpaired) electrons. The predicted molar refractivity (Wildman–Crippen MR) is 117 cm³/mol. The Hall–Kier alpha value is -3.73. The number of tetrazole rings is 1. The number of hydrogen-bond donors (Lipinski definition) is 1. The molecule has 4 aromatic rings. The normalized spacial score (nSPS) is 11.0. The number of carbonyl (C=O) groups excluding carboxylic acids is 1. The molecule has 2 aromatic carbocycles. The van der Waals surface area contributed by atoms with Gasteiger partial charge in [0.1, 0.15) is 5.82 Å². The van der Waals surface area contributed by atoms with Crippen LogP contribution in [0.5, 0.6) is 0 Å². The van der Waals surface area contributed by atoms with Crippen LogP contribution in [0.25, 0.3) is 11.4 Å². The van der Waals surface area contributed by atoms with E-state index in [9.17, 15) is 14.0 Å². The molecule has 11 heteroatoms. The second-order valence-corrected chi connectivity index (χ2v) is 7.88. The van der Waals surface area contributed by atoms with Crippen LogP contribution in [0.4, 0.5) is 4.39 Å². The number of nitrogens with zero attached hydrogens (tertiary/aromatic N) is 6. The van der Waals surface area contributed by atoms with E-state index >= 15 is 0 Å². The Labute approximate surface area is 186 Å². The first-order valence-corrected chi connectivity index (χ1v) is 10.7. The molecule has 0 fully saturated rings. The Morgan fingerprint density at radius 1 is 1.12 bits per heavy atom. The fraction of sp³-hybridized carbons (Fsp3) is 0.190. The molecule has 0 aliphatic carbocycles.